The number of hydrogen-bond donors (Lipinski definition) is 2. The predicted molar refractivity (Wildman–Crippen MR) is 71.2 cm³/mol. The number of aromatic nitrogens is 1. The van der Waals surface area contributed by atoms with E-state index in [0.29, 0.717) is 17.9 Å². The molecule has 0 saturated heterocycles. The fourth-order valence-electron chi connectivity index (χ4n) is 1.74. The van der Waals surface area contributed by atoms with Crippen molar-refractivity contribution < 1.29 is 15.1 Å². The predicted octanol–water partition coefficient (Wildman–Crippen LogP) is 0.725. The zero-order valence-electron chi connectivity index (χ0n) is 11.3. The van der Waals surface area contributed by atoms with Gasteiger partial charge in [0.2, 0.25) is 0 Å². The van der Waals surface area contributed by atoms with Crippen LogP contribution in [0.5, 0.6) is 0 Å². The van der Waals surface area contributed by atoms with Gasteiger partial charge in [0, 0.05) is 24.6 Å². The zero-order valence-corrected chi connectivity index (χ0v) is 11.3. The fraction of sp³-hybridized carbons (Fsp3) is 0.583. The molecule has 19 heavy (non-hydrogen) atoms. The van der Waals surface area contributed by atoms with E-state index in [-0.39, 0.29) is 18.9 Å². The lowest BCUT2D eigenvalue weighted by molar-refractivity contribution is -0.385. The second-order valence-electron chi connectivity index (χ2n) is 5.07. The van der Waals surface area contributed by atoms with Crippen LogP contribution in [0.2, 0.25) is 0 Å². The van der Waals surface area contributed by atoms with Crippen molar-refractivity contribution in [3.05, 3.63) is 27.9 Å². The molecule has 0 saturated carbocycles. The Morgan fingerprint density at radius 2 is 2.05 bits per heavy atom. The summed E-state index contributed by atoms with van der Waals surface area (Å²) in [5, 5.41) is 29.2. The van der Waals surface area contributed by atoms with Crippen molar-refractivity contribution >= 4 is 11.5 Å². The summed E-state index contributed by atoms with van der Waals surface area (Å²) in [6.07, 6.45) is 1.22. The van der Waals surface area contributed by atoms with Crippen molar-refractivity contribution in [3.63, 3.8) is 0 Å². The monoisotopic (exact) mass is 269 g/mol. The Bertz CT molecular complexity index is 460. The van der Waals surface area contributed by atoms with E-state index in [2.05, 4.69) is 4.98 Å². The number of hydrogen-bond acceptors (Lipinski definition) is 6. The number of aliphatic hydroxyl groups excluding tert-OH is 2. The van der Waals surface area contributed by atoms with Crippen molar-refractivity contribution in [2.45, 2.75) is 13.8 Å². The SMILES string of the molecule is Cc1cc(N(C)CC(C)(CO)CO)ncc1[N+](=O)[O-]. The first-order valence-electron chi connectivity index (χ1n) is 5.87. The molecule has 2 N–H and O–H groups in total. The topological polar surface area (TPSA) is 99.7 Å². The second-order valence-corrected chi connectivity index (χ2v) is 5.07. The fourth-order valence-corrected chi connectivity index (χ4v) is 1.74. The maximum absolute atomic E-state index is 10.7. The molecule has 1 heterocycles. The average Bonchev–Trinajstić information content (AvgIpc) is 2.37. The molecule has 0 bridgehead atoms. The molecule has 0 aliphatic rings. The number of anilines is 1. The van der Waals surface area contributed by atoms with Crippen LogP contribution < -0.4 is 4.90 Å². The van der Waals surface area contributed by atoms with Crippen molar-refractivity contribution in [1.29, 1.82) is 0 Å². The molecule has 0 aromatic carbocycles. The summed E-state index contributed by atoms with van der Waals surface area (Å²) >= 11 is 0. The minimum Gasteiger partial charge on any atom is -0.396 e. The van der Waals surface area contributed by atoms with Gasteiger partial charge in [-0.15, -0.1) is 0 Å². The molecule has 0 fully saturated rings. The lowest BCUT2D eigenvalue weighted by atomic mass is 9.92. The number of aryl methyl sites for hydroxylation is 1. The largest absolute Gasteiger partial charge is 0.396 e. The van der Waals surface area contributed by atoms with E-state index in [1.807, 2.05) is 0 Å². The first-order chi connectivity index (χ1) is 8.83. The van der Waals surface area contributed by atoms with Crippen LogP contribution in [0.3, 0.4) is 0 Å². The van der Waals surface area contributed by atoms with E-state index in [9.17, 15) is 20.3 Å². The second kappa shape index (κ2) is 5.94. The van der Waals surface area contributed by atoms with Crippen LogP contribution in [0, 0.1) is 22.5 Å². The molecule has 7 heteroatoms. The molecule has 0 amide bonds. The molecule has 1 aromatic rings. The highest BCUT2D eigenvalue weighted by Crippen LogP contribution is 2.23. The first-order valence-corrected chi connectivity index (χ1v) is 5.87. The van der Waals surface area contributed by atoms with Gasteiger partial charge in [-0.2, -0.15) is 0 Å². The highest BCUT2D eigenvalue weighted by molar-refractivity contribution is 5.48. The summed E-state index contributed by atoms with van der Waals surface area (Å²) in [7, 11) is 1.76. The van der Waals surface area contributed by atoms with Crippen molar-refractivity contribution in [2.24, 2.45) is 5.41 Å². The van der Waals surface area contributed by atoms with Gasteiger partial charge in [0.1, 0.15) is 12.0 Å². The molecular formula is C12H19N3O4. The summed E-state index contributed by atoms with van der Waals surface area (Å²) in [5.41, 5.74) is -0.146. The number of nitro groups is 1. The van der Waals surface area contributed by atoms with Gasteiger partial charge in [-0.1, -0.05) is 6.92 Å². The highest BCUT2D eigenvalue weighted by atomic mass is 16.6. The van der Waals surface area contributed by atoms with E-state index in [4.69, 9.17) is 0 Å². The van der Waals surface area contributed by atoms with E-state index in [0.717, 1.165) is 0 Å². The van der Waals surface area contributed by atoms with Gasteiger partial charge in [-0.25, -0.2) is 4.98 Å². The summed E-state index contributed by atoms with van der Waals surface area (Å²) in [5.74, 6) is 0.566. The first kappa shape index (κ1) is 15.3. The molecule has 7 nitrogen and oxygen atoms in total. The van der Waals surface area contributed by atoms with Crippen LogP contribution >= 0.6 is 0 Å². The van der Waals surface area contributed by atoms with Gasteiger partial charge in [-0.05, 0) is 13.0 Å². The third kappa shape index (κ3) is 3.62. The van der Waals surface area contributed by atoms with Crippen LogP contribution in [-0.2, 0) is 0 Å². The van der Waals surface area contributed by atoms with Crippen LogP contribution in [0.25, 0.3) is 0 Å². The Morgan fingerprint density at radius 1 is 1.47 bits per heavy atom. The standard InChI is InChI=1S/C12H19N3O4/c1-9-4-11(13-5-10(9)15(18)19)14(3)6-12(2,7-16)8-17/h4-5,16-17H,6-8H2,1-3H3. The smallest absolute Gasteiger partial charge is 0.290 e. The molecule has 0 spiro atoms. The number of pyridine rings is 1. The maximum Gasteiger partial charge on any atom is 0.290 e. The van der Waals surface area contributed by atoms with Crippen LogP contribution in [0.1, 0.15) is 12.5 Å². The molecular weight excluding hydrogens is 250 g/mol. The summed E-state index contributed by atoms with van der Waals surface area (Å²) in [4.78, 5) is 16.0. The molecule has 1 aromatic heterocycles. The molecule has 0 radical (unpaired) electrons. The van der Waals surface area contributed by atoms with Crippen LogP contribution in [-0.4, -0.2) is 46.9 Å². The van der Waals surface area contributed by atoms with Crippen molar-refractivity contribution in [2.75, 3.05) is 31.7 Å². The van der Waals surface area contributed by atoms with Crippen molar-refractivity contribution in [1.82, 2.24) is 4.98 Å². The van der Waals surface area contributed by atoms with Crippen LogP contribution in [0.4, 0.5) is 11.5 Å². The summed E-state index contributed by atoms with van der Waals surface area (Å²) in [6.45, 7) is 3.49. The highest BCUT2D eigenvalue weighted by Gasteiger charge is 2.25. The quantitative estimate of drug-likeness (QED) is 0.583. The molecule has 106 valence electrons. The molecule has 0 aliphatic carbocycles. The molecule has 0 aliphatic heterocycles. The van der Waals surface area contributed by atoms with E-state index < -0.39 is 10.3 Å². The van der Waals surface area contributed by atoms with Crippen molar-refractivity contribution in [3.8, 4) is 0 Å². The Morgan fingerprint density at radius 3 is 2.47 bits per heavy atom. The van der Waals surface area contributed by atoms with Crippen LogP contribution in [0.15, 0.2) is 12.3 Å². The minimum atomic E-state index is -0.647. The Labute approximate surface area is 111 Å². The van der Waals surface area contributed by atoms with Gasteiger partial charge in [0.05, 0.1) is 18.1 Å². The van der Waals surface area contributed by atoms with E-state index >= 15 is 0 Å². The zero-order chi connectivity index (χ0) is 14.6. The molecule has 1 rings (SSSR count). The van der Waals surface area contributed by atoms with Gasteiger partial charge in [0.25, 0.3) is 5.69 Å². The Kier molecular flexibility index (Phi) is 4.79. The molecule has 0 unspecified atom stereocenters. The molecule has 0 atom stereocenters. The lowest BCUT2D eigenvalue weighted by Crippen LogP contribution is -2.39. The van der Waals surface area contributed by atoms with Gasteiger partial charge >= 0.3 is 0 Å². The van der Waals surface area contributed by atoms with Gasteiger partial charge < -0.3 is 15.1 Å². The average molecular weight is 269 g/mol. The minimum absolute atomic E-state index is 0.0239. The summed E-state index contributed by atoms with van der Waals surface area (Å²) < 4.78 is 0. The Hall–Kier alpha value is -1.73. The third-order valence-electron chi connectivity index (χ3n) is 3.04. The lowest BCUT2D eigenvalue weighted by Gasteiger charge is -2.31. The maximum atomic E-state index is 10.7. The number of rotatable bonds is 6. The Balaban J connectivity index is 2.92. The van der Waals surface area contributed by atoms with E-state index in [1.165, 1.54) is 6.20 Å². The van der Waals surface area contributed by atoms with Gasteiger partial charge in [0.15, 0.2) is 0 Å². The normalized spacial score (nSPS) is 11.4. The number of nitrogens with zero attached hydrogens (tertiary/aromatic N) is 3. The van der Waals surface area contributed by atoms with Gasteiger partial charge in [-0.3, -0.25) is 10.1 Å². The van der Waals surface area contributed by atoms with E-state index in [1.54, 1.807) is 31.9 Å². The summed E-state index contributed by atoms with van der Waals surface area (Å²) in [6, 6.07) is 1.62. The third-order valence-corrected chi connectivity index (χ3v) is 3.04. The number of aliphatic hydroxyl groups is 2.